The van der Waals surface area contributed by atoms with Crippen LogP contribution in [0, 0.1) is 5.41 Å². The highest BCUT2D eigenvalue weighted by molar-refractivity contribution is 5.95. The SMILES string of the molecule is CC(C)(C)[C@H](N)C(=O)Nc1cccc(Cn2ccnc2)c1. The Bertz CT molecular complexity index is 599. The average molecular weight is 286 g/mol. The molecule has 0 aliphatic carbocycles. The molecule has 2 rings (SSSR count). The third-order valence-electron chi connectivity index (χ3n) is 3.33. The third-order valence-corrected chi connectivity index (χ3v) is 3.33. The molecular formula is C16H22N4O. The first-order chi connectivity index (χ1) is 9.86. The number of hydrogen-bond donors (Lipinski definition) is 2. The minimum absolute atomic E-state index is 0.165. The van der Waals surface area contributed by atoms with Crippen LogP contribution in [-0.2, 0) is 11.3 Å². The van der Waals surface area contributed by atoms with E-state index in [0.29, 0.717) is 0 Å². The summed E-state index contributed by atoms with van der Waals surface area (Å²) in [6.45, 7) is 6.57. The number of benzene rings is 1. The molecule has 0 aliphatic rings. The maximum Gasteiger partial charge on any atom is 0.241 e. The highest BCUT2D eigenvalue weighted by atomic mass is 16.2. The normalized spacial score (nSPS) is 13.0. The number of hydrogen-bond acceptors (Lipinski definition) is 3. The van der Waals surface area contributed by atoms with Crippen molar-refractivity contribution in [1.82, 2.24) is 9.55 Å². The van der Waals surface area contributed by atoms with E-state index < -0.39 is 6.04 Å². The molecule has 0 spiro atoms. The van der Waals surface area contributed by atoms with Crippen molar-refractivity contribution >= 4 is 11.6 Å². The number of carbonyl (C=O) groups is 1. The van der Waals surface area contributed by atoms with Crippen molar-refractivity contribution < 1.29 is 4.79 Å². The molecule has 0 fully saturated rings. The Morgan fingerprint density at radius 1 is 1.43 bits per heavy atom. The number of nitrogens with two attached hydrogens (primary N) is 1. The van der Waals surface area contributed by atoms with E-state index in [-0.39, 0.29) is 11.3 Å². The van der Waals surface area contributed by atoms with Crippen molar-refractivity contribution in [3.05, 3.63) is 48.5 Å². The summed E-state index contributed by atoms with van der Waals surface area (Å²) in [6, 6.07) is 7.21. The summed E-state index contributed by atoms with van der Waals surface area (Å²) in [7, 11) is 0. The quantitative estimate of drug-likeness (QED) is 0.905. The van der Waals surface area contributed by atoms with Gasteiger partial charge in [-0.3, -0.25) is 4.79 Å². The summed E-state index contributed by atoms with van der Waals surface area (Å²) in [5.41, 5.74) is 7.55. The summed E-state index contributed by atoms with van der Waals surface area (Å²) in [6.07, 6.45) is 5.41. The van der Waals surface area contributed by atoms with Gasteiger partial charge in [-0.15, -0.1) is 0 Å². The first-order valence-electron chi connectivity index (χ1n) is 6.97. The Balaban J connectivity index is 2.06. The maximum absolute atomic E-state index is 12.1. The van der Waals surface area contributed by atoms with Gasteiger partial charge < -0.3 is 15.6 Å². The van der Waals surface area contributed by atoms with Crippen LogP contribution in [0.5, 0.6) is 0 Å². The number of rotatable bonds is 4. The molecule has 0 unspecified atom stereocenters. The zero-order chi connectivity index (χ0) is 15.5. The van der Waals surface area contributed by atoms with E-state index in [1.54, 1.807) is 12.5 Å². The number of carbonyl (C=O) groups excluding carboxylic acids is 1. The summed E-state index contributed by atoms with van der Waals surface area (Å²) in [4.78, 5) is 16.2. The second kappa shape index (κ2) is 6.10. The van der Waals surface area contributed by atoms with Crippen molar-refractivity contribution in [2.24, 2.45) is 11.1 Å². The lowest BCUT2D eigenvalue weighted by molar-refractivity contribution is -0.119. The van der Waals surface area contributed by atoms with Crippen LogP contribution in [0.2, 0.25) is 0 Å². The van der Waals surface area contributed by atoms with Crippen LogP contribution in [0.25, 0.3) is 0 Å². The highest BCUT2D eigenvalue weighted by Crippen LogP contribution is 2.19. The first-order valence-corrected chi connectivity index (χ1v) is 6.97. The van der Waals surface area contributed by atoms with Crippen LogP contribution in [-0.4, -0.2) is 21.5 Å². The predicted octanol–water partition coefficient (Wildman–Crippen LogP) is 2.24. The van der Waals surface area contributed by atoms with Gasteiger partial charge >= 0.3 is 0 Å². The van der Waals surface area contributed by atoms with E-state index in [2.05, 4.69) is 10.3 Å². The van der Waals surface area contributed by atoms with E-state index in [0.717, 1.165) is 17.8 Å². The van der Waals surface area contributed by atoms with Gasteiger partial charge in [0.05, 0.1) is 12.4 Å². The van der Waals surface area contributed by atoms with Crippen LogP contribution >= 0.6 is 0 Å². The molecule has 1 heterocycles. The van der Waals surface area contributed by atoms with Crippen LogP contribution in [0.1, 0.15) is 26.3 Å². The van der Waals surface area contributed by atoms with Crippen molar-refractivity contribution in [2.75, 3.05) is 5.32 Å². The number of imidazole rings is 1. The number of aromatic nitrogens is 2. The van der Waals surface area contributed by atoms with Crippen LogP contribution in [0.15, 0.2) is 43.0 Å². The molecular weight excluding hydrogens is 264 g/mol. The van der Waals surface area contributed by atoms with Gasteiger partial charge in [0.25, 0.3) is 0 Å². The lowest BCUT2D eigenvalue weighted by Crippen LogP contribution is -2.45. The molecule has 1 atom stereocenters. The smallest absolute Gasteiger partial charge is 0.241 e. The van der Waals surface area contributed by atoms with Gasteiger partial charge in [-0.25, -0.2) is 4.98 Å². The van der Waals surface area contributed by atoms with Gasteiger partial charge in [0, 0.05) is 24.6 Å². The van der Waals surface area contributed by atoms with Crippen molar-refractivity contribution in [1.29, 1.82) is 0 Å². The average Bonchev–Trinajstić information content (AvgIpc) is 2.90. The predicted molar refractivity (Wildman–Crippen MR) is 83.8 cm³/mol. The second-order valence-corrected chi connectivity index (χ2v) is 6.27. The Hall–Kier alpha value is -2.14. The fraction of sp³-hybridized carbons (Fsp3) is 0.375. The molecule has 5 heteroatoms. The zero-order valence-electron chi connectivity index (χ0n) is 12.7. The van der Waals surface area contributed by atoms with E-state index in [9.17, 15) is 4.79 Å². The number of nitrogens with zero attached hydrogens (tertiary/aromatic N) is 2. The fourth-order valence-corrected chi connectivity index (χ4v) is 1.95. The molecule has 0 saturated heterocycles. The Morgan fingerprint density at radius 2 is 2.19 bits per heavy atom. The fourth-order valence-electron chi connectivity index (χ4n) is 1.95. The Morgan fingerprint density at radius 3 is 2.81 bits per heavy atom. The molecule has 1 aromatic carbocycles. The molecule has 0 radical (unpaired) electrons. The lowest BCUT2D eigenvalue weighted by atomic mass is 9.87. The van der Waals surface area contributed by atoms with E-state index in [1.807, 2.05) is 55.8 Å². The first kappa shape index (κ1) is 15.3. The standard InChI is InChI=1S/C16H22N4O/c1-16(2,3)14(17)15(21)19-13-6-4-5-12(9-13)10-20-8-7-18-11-20/h4-9,11,14H,10,17H2,1-3H3,(H,19,21)/t14-/m1/s1. The molecule has 5 nitrogen and oxygen atoms in total. The van der Waals surface area contributed by atoms with Crippen LogP contribution < -0.4 is 11.1 Å². The Kier molecular flexibility index (Phi) is 4.43. The van der Waals surface area contributed by atoms with Gasteiger partial charge in [0.2, 0.25) is 5.91 Å². The van der Waals surface area contributed by atoms with Gasteiger partial charge in [-0.2, -0.15) is 0 Å². The summed E-state index contributed by atoms with van der Waals surface area (Å²) < 4.78 is 1.97. The third kappa shape index (κ3) is 4.16. The number of nitrogens with one attached hydrogen (secondary N) is 1. The van der Waals surface area contributed by atoms with E-state index in [1.165, 1.54) is 0 Å². The molecule has 1 aromatic heterocycles. The number of amides is 1. The Labute approximate surface area is 125 Å². The molecule has 0 bridgehead atoms. The highest BCUT2D eigenvalue weighted by Gasteiger charge is 2.27. The molecule has 0 saturated carbocycles. The maximum atomic E-state index is 12.1. The molecule has 2 aromatic rings. The van der Waals surface area contributed by atoms with Gasteiger partial charge in [0.1, 0.15) is 0 Å². The summed E-state index contributed by atoms with van der Waals surface area (Å²) in [5.74, 6) is -0.165. The molecule has 0 aliphatic heterocycles. The van der Waals surface area contributed by atoms with E-state index in [4.69, 9.17) is 5.73 Å². The molecule has 21 heavy (non-hydrogen) atoms. The van der Waals surface area contributed by atoms with Crippen molar-refractivity contribution in [3.8, 4) is 0 Å². The second-order valence-electron chi connectivity index (χ2n) is 6.27. The summed E-state index contributed by atoms with van der Waals surface area (Å²) >= 11 is 0. The van der Waals surface area contributed by atoms with Gasteiger partial charge in [0.15, 0.2) is 0 Å². The molecule has 3 N–H and O–H groups in total. The summed E-state index contributed by atoms with van der Waals surface area (Å²) in [5, 5.41) is 2.88. The minimum atomic E-state index is -0.546. The monoisotopic (exact) mass is 286 g/mol. The van der Waals surface area contributed by atoms with Gasteiger partial charge in [-0.05, 0) is 23.1 Å². The largest absolute Gasteiger partial charge is 0.333 e. The van der Waals surface area contributed by atoms with Crippen LogP contribution in [0.3, 0.4) is 0 Å². The van der Waals surface area contributed by atoms with Crippen molar-refractivity contribution in [2.45, 2.75) is 33.4 Å². The molecule has 1 amide bonds. The van der Waals surface area contributed by atoms with Crippen molar-refractivity contribution in [3.63, 3.8) is 0 Å². The topological polar surface area (TPSA) is 72.9 Å². The number of anilines is 1. The molecule has 112 valence electrons. The van der Waals surface area contributed by atoms with Gasteiger partial charge in [-0.1, -0.05) is 32.9 Å². The zero-order valence-corrected chi connectivity index (χ0v) is 12.7. The minimum Gasteiger partial charge on any atom is -0.333 e. The van der Waals surface area contributed by atoms with E-state index >= 15 is 0 Å². The lowest BCUT2D eigenvalue weighted by Gasteiger charge is -2.25. The van der Waals surface area contributed by atoms with Crippen LogP contribution in [0.4, 0.5) is 5.69 Å².